The van der Waals surface area contributed by atoms with E-state index in [0.29, 0.717) is 0 Å². The van der Waals surface area contributed by atoms with Crippen molar-refractivity contribution in [3.63, 3.8) is 0 Å². The molecule has 0 saturated heterocycles. The van der Waals surface area contributed by atoms with Gasteiger partial charge in [-0.2, -0.15) is 0 Å². The molecule has 6 heterocycles. The third-order valence-corrected chi connectivity index (χ3v) is 25.5. The Hall–Kier alpha value is -14.8. The number of furan rings is 2. The van der Waals surface area contributed by atoms with Crippen molar-refractivity contribution < 1.29 is 13.2 Å². The number of fused-ring (bicyclic) bond motifs is 18. The maximum Gasteiger partial charge on any atom is 0.137 e. The van der Waals surface area contributed by atoms with Gasteiger partial charge in [0.05, 0.1) is 20.8 Å². The second-order valence-corrected chi connectivity index (χ2v) is 33.2. The van der Waals surface area contributed by atoms with Gasteiger partial charge in [0.1, 0.15) is 28.1 Å². The van der Waals surface area contributed by atoms with Gasteiger partial charge in [-0.3, -0.25) is 0 Å². The molecular weight excluding hydrogens is 1560 g/mol. The van der Waals surface area contributed by atoms with Crippen LogP contribution < -0.4 is 31.9 Å². The van der Waals surface area contributed by atoms with Crippen LogP contribution in [0.3, 0.4) is 0 Å². The molecule has 121 heavy (non-hydrogen) atoms. The summed E-state index contributed by atoms with van der Waals surface area (Å²) in [5.41, 5.74) is 16.7. The predicted octanol–water partition coefficient (Wildman–Crippen LogP) is 34.0. The van der Waals surface area contributed by atoms with E-state index in [1.54, 1.807) is 23.5 Å². The Bertz CT molecular complexity index is 7350. The first kappa shape index (κ1) is 76.2. The number of anilines is 12. The standard InChI is InChI=1S/C18H12FNS.2C18H13NO.3C18H13NS/c19-12-8-10-13(11-9-12)20-16-6-3-5-15-14-4-1-2-7-17(14)21-18(15)16;1-2-6-13(7-3-1)19-14-10-11-18-16(12-14)15-8-4-5-9-17(15)20-18;1-2-6-13(7-3-1)19-14-10-11-16-15-8-4-5-9-17(15)20-18(16)12-14;1-2-7-13(8-3-1)19-16-11-6-10-15-14-9-4-5-12-17(14)20-18(15)16;1-2-6-13(7-3-1)19-14-10-11-18-16(12-14)15-8-4-5-9-17(15)20-18;1-2-6-13(7-3-1)19-14-10-11-16-15-8-4-5-9-17(15)20-18(16)12-14/h1-11,20H;5*1-12,19H. The molecule has 0 amide bonds. The average Bonchev–Trinajstić information content (AvgIpc) is 1.65. The fourth-order valence-electron chi connectivity index (χ4n) is 15.0. The van der Waals surface area contributed by atoms with Gasteiger partial charge in [-0.05, 0) is 194 Å². The van der Waals surface area contributed by atoms with Gasteiger partial charge in [0, 0.05) is 156 Å². The first-order valence-electron chi connectivity index (χ1n) is 39.9. The van der Waals surface area contributed by atoms with Crippen LogP contribution in [0.15, 0.2) is 440 Å². The molecular formula is C108H77FN6O2S4. The van der Waals surface area contributed by atoms with Gasteiger partial charge in [0.25, 0.3) is 0 Å². The van der Waals surface area contributed by atoms with Crippen LogP contribution in [-0.2, 0) is 0 Å². The molecule has 24 rings (SSSR count). The van der Waals surface area contributed by atoms with Gasteiger partial charge >= 0.3 is 0 Å². The van der Waals surface area contributed by atoms with Crippen LogP contribution >= 0.6 is 45.3 Å². The summed E-state index contributed by atoms with van der Waals surface area (Å²) in [7, 11) is 0. The molecule has 0 unspecified atom stereocenters. The van der Waals surface area contributed by atoms with Crippen LogP contribution in [0, 0.1) is 5.82 Å². The van der Waals surface area contributed by atoms with Gasteiger partial charge in [0.15, 0.2) is 0 Å². The fraction of sp³-hybridized carbons (Fsp3) is 0. The maximum absolute atomic E-state index is 13.0. The molecule has 0 radical (unpaired) electrons. The summed E-state index contributed by atoms with van der Waals surface area (Å²) >= 11 is 7.31. The minimum Gasteiger partial charge on any atom is -0.456 e. The zero-order valence-electron chi connectivity index (χ0n) is 65.3. The van der Waals surface area contributed by atoms with E-state index in [0.717, 1.165) is 106 Å². The number of thiophene rings is 4. The van der Waals surface area contributed by atoms with E-state index in [2.05, 4.69) is 275 Å². The fourth-order valence-corrected chi connectivity index (χ4v) is 19.6. The van der Waals surface area contributed by atoms with Crippen LogP contribution in [-0.4, -0.2) is 0 Å². The first-order chi connectivity index (χ1) is 59.8. The summed E-state index contributed by atoms with van der Waals surface area (Å²) in [6.07, 6.45) is 0. The normalized spacial score (nSPS) is 11.0. The van der Waals surface area contributed by atoms with E-state index in [1.165, 1.54) is 98.5 Å². The number of halogens is 1. The second kappa shape index (κ2) is 35.6. The number of para-hydroxylation sites is 7. The average molecular weight is 1640 g/mol. The number of hydrogen-bond donors (Lipinski definition) is 6. The Morgan fingerprint density at radius 3 is 0.942 bits per heavy atom. The van der Waals surface area contributed by atoms with E-state index in [-0.39, 0.29) is 5.82 Å². The minimum atomic E-state index is -0.222. The molecule has 582 valence electrons. The molecule has 0 aliphatic heterocycles. The molecule has 18 aromatic carbocycles. The molecule has 0 aliphatic carbocycles. The molecule has 0 bridgehead atoms. The van der Waals surface area contributed by atoms with Crippen molar-refractivity contribution in [1.29, 1.82) is 0 Å². The highest BCUT2D eigenvalue weighted by Crippen LogP contribution is 2.43. The molecule has 0 atom stereocenters. The molecule has 13 heteroatoms. The molecule has 6 aromatic heterocycles. The molecule has 0 fully saturated rings. The third kappa shape index (κ3) is 17.5. The van der Waals surface area contributed by atoms with Crippen molar-refractivity contribution in [2.75, 3.05) is 31.9 Å². The SMILES string of the molecule is Fc1ccc(Nc2cccc3c2sc2ccccc23)cc1.c1ccc(Nc2ccc3c(c2)oc2ccccc23)cc1.c1ccc(Nc2ccc3c(c2)sc2ccccc23)cc1.c1ccc(Nc2ccc3oc4ccccc4c3c2)cc1.c1ccc(Nc2ccc3sc4ccccc4c3c2)cc1.c1ccc(Nc2cccc3c2sc2ccccc23)cc1. The van der Waals surface area contributed by atoms with Crippen molar-refractivity contribution in [2.45, 2.75) is 0 Å². The van der Waals surface area contributed by atoms with Crippen LogP contribution in [0.1, 0.15) is 0 Å². The third-order valence-electron chi connectivity index (χ3n) is 20.7. The Labute approximate surface area is 714 Å². The van der Waals surface area contributed by atoms with Crippen LogP contribution in [0.2, 0.25) is 0 Å². The molecule has 8 nitrogen and oxygen atoms in total. The minimum absolute atomic E-state index is 0.222. The lowest BCUT2D eigenvalue weighted by Gasteiger charge is -2.07. The second-order valence-electron chi connectivity index (χ2n) is 28.9. The van der Waals surface area contributed by atoms with Gasteiger partial charge in [0.2, 0.25) is 0 Å². The van der Waals surface area contributed by atoms with E-state index in [9.17, 15) is 4.39 Å². The molecule has 24 aromatic rings. The topological polar surface area (TPSA) is 98.5 Å². The quantitative estimate of drug-likeness (QED) is 0.0720. The molecule has 6 N–H and O–H groups in total. The summed E-state index contributed by atoms with van der Waals surface area (Å²) in [6, 6.07) is 146. The van der Waals surface area contributed by atoms with E-state index < -0.39 is 0 Å². The zero-order chi connectivity index (χ0) is 81.1. The van der Waals surface area contributed by atoms with E-state index in [4.69, 9.17) is 8.83 Å². The van der Waals surface area contributed by atoms with Crippen LogP contribution in [0.25, 0.3) is 125 Å². The van der Waals surface area contributed by atoms with Gasteiger partial charge < -0.3 is 40.7 Å². The van der Waals surface area contributed by atoms with E-state index in [1.807, 2.05) is 198 Å². The highest BCUT2D eigenvalue weighted by Gasteiger charge is 2.14. The maximum atomic E-state index is 13.0. The van der Waals surface area contributed by atoms with Gasteiger partial charge in [-0.1, -0.05) is 231 Å². The predicted molar refractivity (Wildman–Crippen MR) is 523 cm³/mol. The Morgan fingerprint density at radius 1 is 0.165 bits per heavy atom. The largest absolute Gasteiger partial charge is 0.456 e. The lowest BCUT2D eigenvalue weighted by Crippen LogP contribution is -1.90. The van der Waals surface area contributed by atoms with E-state index >= 15 is 0 Å². The number of benzene rings is 18. The molecule has 0 aliphatic rings. The number of hydrogen-bond acceptors (Lipinski definition) is 12. The summed E-state index contributed by atoms with van der Waals surface area (Å²) in [5.74, 6) is -0.222. The Morgan fingerprint density at radius 2 is 0.455 bits per heavy atom. The smallest absolute Gasteiger partial charge is 0.137 e. The molecule has 0 saturated carbocycles. The summed E-state index contributed by atoms with van der Waals surface area (Å²) < 4.78 is 35.2. The van der Waals surface area contributed by atoms with Crippen molar-refractivity contribution in [1.82, 2.24) is 0 Å². The van der Waals surface area contributed by atoms with Gasteiger partial charge in [-0.25, -0.2) is 4.39 Å². The zero-order valence-corrected chi connectivity index (χ0v) is 68.6. The monoisotopic (exact) mass is 1640 g/mol. The lowest BCUT2D eigenvalue weighted by atomic mass is 10.1. The summed E-state index contributed by atoms with van der Waals surface area (Å²) in [4.78, 5) is 0. The highest BCUT2D eigenvalue weighted by atomic mass is 32.1. The first-order valence-corrected chi connectivity index (χ1v) is 43.2. The summed E-state index contributed by atoms with van der Waals surface area (Å²) in [6.45, 7) is 0. The Kier molecular flexibility index (Phi) is 22.4. The summed E-state index contributed by atoms with van der Waals surface area (Å²) in [5, 5.41) is 35.7. The number of rotatable bonds is 12. The Balaban J connectivity index is 0.0000000958. The van der Waals surface area contributed by atoms with Crippen molar-refractivity contribution in [3.05, 3.63) is 437 Å². The van der Waals surface area contributed by atoms with Crippen molar-refractivity contribution in [2.24, 2.45) is 0 Å². The number of nitrogens with one attached hydrogen (secondary N) is 6. The molecule has 0 spiro atoms. The van der Waals surface area contributed by atoms with Gasteiger partial charge in [-0.15, -0.1) is 45.3 Å². The van der Waals surface area contributed by atoms with Crippen molar-refractivity contribution in [3.8, 4) is 0 Å². The van der Waals surface area contributed by atoms with Crippen LogP contribution in [0.4, 0.5) is 72.6 Å². The lowest BCUT2D eigenvalue weighted by molar-refractivity contribution is 0.628. The highest BCUT2D eigenvalue weighted by molar-refractivity contribution is 7.27. The van der Waals surface area contributed by atoms with Crippen molar-refractivity contribution >= 4 is 238 Å². The van der Waals surface area contributed by atoms with Crippen LogP contribution in [0.5, 0.6) is 0 Å².